The van der Waals surface area contributed by atoms with E-state index >= 15 is 0 Å². The molecule has 3 aromatic carbocycles. The predicted octanol–water partition coefficient (Wildman–Crippen LogP) is 5.81. The number of hydrogen-bond donors (Lipinski definition) is 1. The summed E-state index contributed by atoms with van der Waals surface area (Å²) in [5.41, 5.74) is 3.37. The molecule has 0 aliphatic carbocycles. The van der Waals surface area contributed by atoms with Crippen molar-refractivity contribution in [2.45, 2.75) is 6.17 Å². The van der Waals surface area contributed by atoms with Crippen LogP contribution in [0.4, 0.5) is 19.5 Å². The largest absolute Gasteiger partial charge is 0.465 e. The Morgan fingerprint density at radius 2 is 1.71 bits per heavy atom. The lowest BCUT2D eigenvalue weighted by Gasteiger charge is -2.34. The minimum absolute atomic E-state index is 0.0954. The van der Waals surface area contributed by atoms with Crippen molar-refractivity contribution in [3.05, 3.63) is 78.1 Å². The second-order valence-corrected chi connectivity index (χ2v) is 8.17. The molecule has 0 atom stereocenters. The molecule has 5 rings (SSSR count). The van der Waals surface area contributed by atoms with E-state index in [9.17, 15) is 23.5 Å². The number of hydrogen-bond acceptors (Lipinski definition) is 3. The van der Waals surface area contributed by atoms with Crippen LogP contribution in [0, 0.1) is 5.82 Å². The van der Waals surface area contributed by atoms with Crippen molar-refractivity contribution in [2.24, 2.45) is 0 Å². The SMILES string of the molecule is [2H]c1c(N(C)C(=O)O)oc2c(-c3ccc(F)cc3)cc(-c3ccc(C(=O)N4CC(F)C4)cc3)cc12. The van der Waals surface area contributed by atoms with Crippen LogP contribution < -0.4 is 4.90 Å². The number of benzene rings is 3. The van der Waals surface area contributed by atoms with E-state index in [1.165, 1.54) is 24.1 Å². The van der Waals surface area contributed by atoms with E-state index in [0.29, 0.717) is 33.2 Å². The molecule has 0 unspecified atom stereocenters. The zero-order chi connectivity index (χ0) is 24.9. The van der Waals surface area contributed by atoms with Crippen LogP contribution in [0.2, 0.25) is 0 Å². The first kappa shape index (κ1) is 20.4. The summed E-state index contributed by atoms with van der Waals surface area (Å²) in [5.74, 6) is -0.776. The van der Waals surface area contributed by atoms with E-state index in [1.54, 1.807) is 42.5 Å². The lowest BCUT2D eigenvalue weighted by atomic mass is 9.96. The smallest absolute Gasteiger partial charge is 0.413 e. The van der Waals surface area contributed by atoms with Gasteiger partial charge in [-0.3, -0.25) is 9.69 Å². The first-order valence-corrected chi connectivity index (χ1v) is 10.6. The third kappa shape index (κ3) is 3.87. The molecule has 4 aromatic rings. The van der Waals surface area contributed by atoms with E-state index < -0.39 is 18.1 Å². The fraction of sp³-hybridized carbons (Fsp3) is 0.154. The number of fused-ring (bicyclic) bond motifs is 1. The van der Waals surface area contributed by atoms with Crippen LogP contribution in [0.1, 0.15) is 11.7 Å². The van der Waals surface area contributed by atoms with Crippen LogP contribution in [0.25, 0.3) is 33.2 Å². The summed E-state index contributed by atoms with van der Waals surface area (Å²) in [4.78, 5) is 26.2. The molecule has 0 saturated carbocycles. The Balaban J connectivity index is 1.61. The van der Waals surface area contributed by atoms with Crippen molar-refractivity contribution < 1.29 is 29.3 Å². The van der Waals surface area contributed by atoms with Crippen LogP contribution in [0.15, 0.2) is 71.1 Å². The van der Waals surface area contributed by atoms with E-state index in [4.69, 9.17) is 5.79 Å². The minimum Gasteiger partial charge on any atom is -0.465 e. The third-order valence-corrected chi connectivity index (χ3v) is 5.87. The number of carboxylic acid groups (broad SMARTS) is 1. The second-order valence-electron chi connectivity index (χ2n) is 8.17. The molecule has 1 aromatic heterocycles. The van der Waals surface area contributed by atoms with E-state index in [0.717, 1.165) is 10.5 Å². The highest BCUT2D eigenvalue weighted by Gasteiger charge is 2.30. The lowest BCUT2D eigenvalue weighted by molar-refractivity contribution is 0.0400. The molecule has 172 valence electrons. The maximum Gasteiger partial charge on any atom is 0.413 e. The number of halogens is 2. The number of nitrogens with zero attached hydrogens (tertiary/aromatic N) is 2. The number of amides is 2. The Morgan fingerprint density at radius 3 is 2.32 bits per heavy atom. The van der Waals surface area contributed by atoms with E-state index in [-0.39, 0.29) is 30.9 Å². The second kappa shape index (κ2) is 8.30. The minimum atomic E-state index is -1.28. The lowest BCUT2D eigenvalue weighted by Crippen LogP contribution is -2.51. The Hall–Kier alpha value is -4.20. The Bertz CT molecular complexity index is 1450. The summed E-state index contributed by atoms with van der Waals surface area (Å²) in [7, 11) is 1.29. The van der Waals surface area contributed by atoms with Crippen LogP contribution in [0.5, 0.6) is 0 Å². The Morgan fingerprint density at radius 1 is 1.06 bits per heavy atom. The van der Waals surface area contributed by atoms with Gasteiger partial charge in [0.2, 0.25) is 5.88 Å². The van der Waals surface area contributed by atoms with Crippen molar-refractivity contribution in [3.8, 4) is 22.3 Å². The fourth-order valence-electron chi connectivity index (χ4n) is 3.90. The van der Waals surface area contributed by atoms with E-state index in [2.05, 4.69) is 0 Å². The van der Waals surface area contributed by atoms with Crippen LogP contribution in [0.3, 0.4) is 0 Å². The van der Waals surface area contributed by atoms with Gasteiger partial charge in [-0.15, -0.1) is 0 Å². The average Bonchev–Trinajstić information content (AvgIpc) is 3.17. The van der Waals surface area contributed by atoms with Crippen LogP contribution in [-0.2, 0) is 0 Å². The summed E-state index contributed by atoms with van der Waals surface area (Å²) in [6.45, 7) is 0.191. The number of anilines is 1. The third-order valence-electron chi connectivity index (χ3n) is 5.87. The van der Waals surface area contributed by atoms with Gasteiger partial charge in [0.1, 0.15) is 17.6 Å². The van der Waals surface area contributed by atoms with Gasteiger partial charge in [-0.2, -0.15) is 0 Å². The summed E-state index contributed by atoms with van der Waals surface area (Å²) < 4.78 is 41.0. The van der Waals surface area contributed by atoms with E-state index in [1.807, 2.05) is 6.07 Å². The number of furan rings is 1. The highest BCUT2D eigenvalue weighted by molar-refractivity contribution is 6.00. The van der Waals surface area contributed by atoms with Crippen LogP contribution in [-0.4, -0.2) is 48.3 Å². The highest BCUT2D eigenvalue weighted by Crippen LogP contribution is 2.38. The van der Waals surface area contributed by atoms with Gasteiger partial charge >= 0.3 is 6.09 Å². The molecular weight excluding hydrogens is 442 g/mol. The maximum atomic E-state index is 13.6. The van der Waals surface area contributed by atoms with Gasteiger partial charge in [0.05, 0.1) is 14.5 Å². The Kier molecular flexibility index (Phi) is 4.98. The van der Waals surface area contributed by atoms with Crippen molar-refractivity contribution in [3.63, 3.8) is 0 Å². The molecule has 2 heterocycles. The zero-order valence-corrected chi connectivity index (χ0v) is 18.1. The van der Waals surface area contributed by atoms with Gasteiger partial charge in [-0.05, 0) is 53.1 Å². The molecule has 1 N–H and O–H groups in total. The number of alkyl halides is 1. The Labute approximate surface area is 195 Å². The molecule has 1 aliphatic rings. The molecule has 8 heteroatoms. The van der Waals surface area contributed by atoms with Gasteiger partial charge in [-0.1, -0.05) is 24.3 Å². The maximum absolute atomic E-state index is 13.6. The standard InChI is InChI=1S/C26H20F2N2O4/c1-29(26(32)33)23-12-19-10-18(11-22(24(19)34-23)16-6-8-20(27)9-7-16)15-2-4-17(5-3-15)25(31)30-13-21(28)14-30/h2-12,21H,13-14H2,1H3,(H,32,33)/i12D. The number of carbonyl (C=O) groups is 2. The van der Waals surface area contributed by atoms with Crippen LogP contribution >= 0.6 is 0 Å². The highest BCUT2D eigenvalue weighted by atomic mass is 19.1. The topological polar surface area (TPSA) is 74.0 Å². The zero-order valence-electron chi connectivity index (χ0n) is 19.1. The molecule has 6 nitrogen and oxygen atoms in total. The molecule has 1 fully saturated rings. The van der Waals surface area contributed by atoms with Gasteiger partial charge < -0.3 is 14.4 Å². The number of likely N-dealkylation sites (tertiary alicyclic amines) is 1. The van der Waals surface area contributed by atoms with Crippen molar-refractivity contribution in [2.75, 3.05) is 25.0 Å². The molecule has 2 amide bonds. The van der Waals surface area contributed by atoms with Crippen molar-refractivity contribution >= 4 is 28.9 Å². The quantitative estimate of drug-likeness (QED) is 0.414. The summed E-state index contributed by atoms with van der Waals surface area (Å²) >= 11 is 0. The van der Waals surface area contributed by atoms with Gasteiger partial charge in [0.15, 0.2) is 0 Å². The van der Waals surface area contributed by atoms with Crippen molar-refractivity contribution in [1.82, 2.24) is 4.90 Å². The summed E-state index contributed by atoms with van der Waals surface area (Å²) in [5, 5.41) is 9.76. The summed E-state index contributed by atoms with van der Waals surface area (Å²) in [6.07, 6.45) is -2.25. The molecular formula is C26H20F2N2O4. The molecule has 0 radical (unpaired) electrons. The average molecular weight is 463 g/mol. The molecule has 34 heavy (non-hydrogen) atoms. The molecule has 1 saturated heterocycles. The number of carbonyl (C=O) groups excluding carboxylic acids is 1. The van der Waals surface area contributed by atoms with Gasteiger partial charge in [0.25, 0.3) is 5.91 Å². The summed E-state index contributed by atoms with van der Waals surface area (Å²) in [6, 6.07) is 16.0. The first-order valence-electron chi connectivity index (χ1n) is 11.1. The van der Waals surface area contributed by atoms with Gasteiger partial charge in [-0.25, -0.2) is 13.6 Å². The number of rotatable bonds is 4. The van der Waals surface area contributed by atoms with Crippen molar-refractivity contribution in [1.29, 1.82) is 0 Å². The molecule has 0 bridgehead atoms. The molecule has 1 aliphatic heterocycles. The van der Waals surface area contributed by atoms with Gasteiger partial charge in [0, 0.05) is 29.6 Å². The normalized spacial score (nSPS) is 14.1. The molecule has 0 spiro atoms. The monoisotopic (exact) mass is 463 g/mol. The fourth-order valence-corrected chi connectivity index (χ4v) is 3.90. The predicted molar refractivity (Wildman–Crippen MR) is 124 cm³/mol. The first-order chi connectivity index (χ1) is 16.7.